The van der Waals surface area contributed by atoms with E-state index in [2.05, 4.69) is 198 Å². The van der Waals surface area contributed by atoms with Gasteiger partial charge in [0.2, 0.25) is 0 Å². The van der Waals surface area contributed by atoms with Crippen molar-refractivity contribution >= 4 is 90.1 Å². The van der Waals surface area contributed by atoms with Crippen LogP contribution in [0.3, 0.4) is 0 Å². The lowest BCUT2D eigenvalue weighted by atomic mass is 9.33. The summed E-state index contributed by atoms with van der Waals surface area (Å²) in [6, 6.07) is 63.7. The Hall–Kier alpha value is -6.26. The maximum atomic E-state index is 2.80. The molecule has 0 amide bonds. The van der Waals surface area contributed by atoms with E-state index in [0.29, 0.717) is 0 Å². The van der Waals surface area contributed by atoms with Crippen LogP contribution in [0.5, 0.6) is 0 Å². The Morgan fingerprint density at radius 1 is 0.500 bits per heavy atom. The summed E-state index contributed by atoms with van der Waals surface area (Å²) in [6.07, 6.45) is 4.99. The average Bonchev–Trinajstić information content (AvgIpc) is 3.46. The molecule has 0 aromatic heterocycles. The first kappa shape index (κ1) is 32.0. The van der Waals surface area contributed by atoms with Gasteiger partial charge in [0, 0.05) is 50.9 Å². The van der Waals surface area contributed by atoms with Gasteiger partial charge in [0.05, 0.1) is 5.54 Å². The molecule has 0 radical (unpaired) electrons. The van der Waals surface area contributed by atoms with E-state index in [-0.39, 0.29) is 17.7 Å². The van der Waals surface area contributed by atoms with Crippen molar-refractivity contribution in [1.82, 2.24) is 0 Å². The van der Waals surface area contributed by atoms with Crippen LogP contribution >= 0.6 is 0 Å². The van der Waals surface area contributed by atoms with Crippen LogP contribution in [0.25, 0.3) is 21.5 Å². The van der Waals surface area contributed by atoms with Crippen molar-refractivity contribution in [3.05, 3.63) is 175 Å². The SMILES string of the molecule is CC12CCCCC1(C)N1c3cccc4c3B(c3ccc(N(c5ccc6ccccc6c5)c5ccc6ccccc6c5)cc3N4c3ccccc3)c3cccc2c31. The van der Waals surface area contributed by atoms with E-state index in [4.69, 9.17) is 0 Å². The van der Waals surface area contributed by atoms with Crippen molar-refractivity contribution < 1.29 is 0 Å². The van der Waals surface area contributed by atoms with Crippen molar-refractivity contribution in [2.75, 3.05) is 14.7 Å². The summed E-state index contributed by atoms with van der Waals surface area (Å²) in [4.78, 5) is 7.79. The number of anilines is 8. The fourth-order valence-electron chi connectivity index (χ4n) is 11.3. The zero-order chi connectivity index (χ0) is 37.2. The van der Waals surface area contributed by atoms with Gasteiger partial charge in [0.25, 0.3) is 6.71 Å². The summed E-state index contributed by atoms with van der Waals surface area (Å²) in [5, 5.41) is 4.95. The third-order valence-corrected chi connectivity index (χ3v) is 14.1. The van der Waals surface area contributed by atoms with Crippen molar-refractivity contribution in [3.63, 3.8) is 0 Å². The van der Waals surface area contributed by atoms with Gasteiger partial charge in [0.1, 0.15) is 0 Å². The van der Waals surface area contributed by atoms with Crippen LogP contribution in [-0.2, 0) is 5.41 Å². The second-order valence-corrected chi connectivity index (χ2v) is 16.8. The molecular weight excluding hydrogens is 677 g/mol. The Labute approximate surface area is 329 Å². The molecule has 268 valence electrons. The van der Waals surface area contributed by atoms with Gasteiger partial charge in [-0.3, -0.25) is 0 Å². The minimum Gasteiger partial charge on any atom is -0.335 e. The summed E-state index contributed by atoms with van der Waals surface area (Å²) in [7, 11) is 0. The van der Waals surface area contributed by atoms with Gasteiger partial charge in [-0.1, -0.05) is 129 Å². The zero-order valence-corrected chi connectivity index (χ0v) is 31.9. The van der Waals surface area contributed by atoms with Crippen molar-refractivity contribution in [2.45, 2.75) is 50.5 Å². The fraction of sp³-hybridized carbons (Fsp3) is 0.154. The number of fused-ring (bicyclic) bond motifs is 9. The predicted molar refractivity (Wildman–Crippen MR) is 238 cm³/mol. The molecule has 0 bridgehead atoms. The normalized spacial score (nSPS) is 20.1. The molecule has 8 aromatic rings. The molecule has 0 saturated heterocycles. The number of rotatable bonds is 4. The highest BCUT2D eigenvalue weighted by Gasteiger charge is 2.61. The first-order valence-electron chi connectivity index (χ1n) is 20.4. The molecule has 2 unspecified atom stereocenters. The third kappa shape index (κ3) is 4.25. The van der Waals surface area contributed by atoms with Crippen LogP contribution < -0.4 is 31.1 Å². The van der Waals surface area contributed by atoms with E-state index in [9.17, 15) is 0 Å². The molecule has 1 aliphatic carbocycles. The van der Waals surface area contributed by atoms with Gasteiger partial charge in [-0.2, -0.15) is 0 Å². The Morgan fingerprint density at radius 2 is 1.11 bits per heavy atom. The average molecular weight is 720 g/mol. The van der Waals surface area contributed by atoms with Gasteiger partial charge in [-0.05, 0) is 124 Å². The van der Waals surface area contributed by atoms with Crippen molar-refractivity contribution in [3.8, 4) is 0 Å². The monoisotopic (exact) mass is 719 g/mol. The van der Waals surface area contributed by atoms with Gasteiger partial charge >= 0.3 is 0 Å². The molecule has 8 aromatic carbocycles. The predicted octanol–water partition coefficient (Wildman–Crippen LogP) is 11.8. The van der Waals surface area contributed by atoms with E-state index < -0.39 is 0 Å². The van der Waals surface area contributed by atoms with Crippen LogP contribution in [0.15, 0.2) is 170 Å². The molecule has 0 spiro atoms. The molecule has 3 aliphatic heterocycles. The molecule has 0 N–H and O–H groups in total. The summed E-state index contributed by atoms with van der Waals surface area (Å²) in [6.45, 7) is 5.24. The van der Waals surface area contributed by atoms with Crippen LogP contribution in [0, 0.1) is 0 Å². The summed E-state index contributed by atoms with van der Waals surface area (Å²) < 4.78 is 0. The molecular formula is C52H42BN3. The lowest BCUT2D eigenvalue weighted by Crippen LogP contribution is -2.64. The lowest BCUT2D eigenvalue weighted by molar-refractivity contribution is 0.195. The second kappa shape index (κ2) is 11.6. The molecule has 4 aliphatic rings. The minimum absolute atomic E-state index is 0.0195. The molecule has 2 atom stereocenters. The van der Waals surface area contributed by atoms with Crippen LogP contribution in [0.1, 0.15) is 45.1 Å². The van der Waals surface area contributed by atoms with Crippen molar-refractivity contribution in [2.24, 2.45) is 0 Å². The van der Waals surface area contributed by atoms with Crippen LogP contribution in [0.2, 0.25) is 0 Å². The number of hydrogen-bond acceptors (Lipinski definition) is 3. The van der Waals surface area contributed by atoms with Crippen molar-refractivity contribution in [1.29, 1.82) is 0 Å². The molecule has 1 saturated carbocycles. The molecule has 1 fully saturated rings. The topological polar surface area (TPSA) is 9.72 Å². The molecule has 4 heteroatoms. The first-order chi connectivity index (χ1) is 27.5. The zero-order valence-electron chi connectivity index (χ0n) is 31.9. The third-order valence-electron chi connectivity index (χ3n) is 14.1. The molecule has 56 heavy (non-hydrogen) atoms. The lowest BCUT2D eigenvalue weighted by Gasteiger charge is -2.52. The fourth-order valence-corrected chi connectivity index (χ4v) is 11.3. The van der Waals surface area contributed by atoms with Gasteiger partial charge < -0.3 is 14.7 Å². The Kier molecular flexibility index (Phi) is 6.65. The van der Waals surface area contributed by atoms with Gasteiger partial charge in [0.15, 0.2) is 0 Å². The van der Waals surface area contributed by atoms with Gasteiger partial charge in [-0.15, -0.1) is 0 Å². The summed E-state index contributed by atoms with van der Waals surface area (Å²) >= 11 is 0. The second-order valence-electron chi connectivity index (χ2n) is 16.8. The molecule has 12 rings (SSSR count). The summed E-state index contributed by atoms with van der Waals surface area (Å²) in [5.41, 5.74) is 15.8. The van der Waals surface area contributed by atoms with Crippen LogP contribution in [-0.4, -0.2) is 12.3 Å². The maximum Gasteiger partial charge on any atom is 0.252 e. The number of nitrogens with zero attached hydrogens (tertiary/aromatic N) is 3. The number of para-hydroxylation sites is 2. The smallest absolute Gasteiger partial charge is 0.252 e. The highest BCUT2D eigenvalue weighted by Crippen LogP contribution is 2.61. The Bertz CT molecular complexity index is 2820. The van der Waals surface area contributed by atoms with Crippen LogP contribution in [0.4, 0.5) is 45.5 Å². The Balaban J connectivity index is 1.12. The summed E-state index contributed by atoms with van der Waals surface area (Å²) in [5.74, 6) is 0. The maximum absolute atomic E-state index is 2.80. The molecule has 3 heterocycles. The largest absolute Gasteiger partial charge is 0.335 e. The highest BCUT2D eigenvalue weighted by atomic mass is 15.3. The van der Waals surface area contributed by atoms with E-state index >= 15 is 0 Å². The number of benzene rings is 8. The quantitative estimate of drug-likeness (QED) is 0.168. The van der Waals surface area contributed by atoms with E-state index in [1.807, 2.05) is 0 Å². The highest BCUT2D eigenvalue weighted by molar-refractivity contribution is 7.00. The Morgan fingerprint density at radius 3 is 1.84 bits per heavy atom. The standard InChI is InChI=1S/C52H42BN3/c1-51-30-10-11-31-52(51,2)56-47-23-13-22-46-49(47)53(45-21-12-20-43(51)50(45)56)44-29-28-42(34-48(44)55(46)39-18-4-3-5-19-39)54(40-26-24-35-14-6-8-16-37(35)32-40)41-27-25-36-15-7-9-17-38(36)33-41/h3-9,12-29,32-34H,10-11,30-31H2,1-2H3. The first-order valence-corrected chi connectivity index (χ1v) is 20.4. The number of hydrogen-bond donors (Lipinski definition) is 0. The van der Waals surface area contributed by atoms with Gasteiger partial charge in [-0.25, -0.2) is 0 Å². The van der Waals surface area contributed by atoms with E-state index in [1.165, 1.54) is 97.6 Å². The minimum atomic E-state index is 0.0195. The molecule has 3 nitrogen and oxygen atoms in total. The van der Waals surface area contributed by atoms with E-state index in [0.717, 1.165) is 17.1 Å². The van der Waals surface area contributed by atoms with E-state index in [1.54, 1.807) is 0 Å².